The van der Waals surface area contributed by atoms with Crippen molar-refractivity contribution in [3.8, 4) is 0 Å². The maximum absolute atomic E-state index is 12.9. The number of carbonyl (C=O) groups excluding carboxylic acids is 2. The number of thiazole rings is 1. The molecule has 0 spiro atoms. The van der Waals surface area contributed by atoms with E-state index in [1.165, 1.54) is 11.3 Å². The van der Waals surface area contributed by atoms with Gasteiger partial charge in [0.15, 0.2) is 5.13 Å². The van der Waals surface area contributed by atoms with Crippen LogP contribution in [0.2, 0.25) is 0 Å². The number of aromatic nitrogens is 3. The van der Waals surface area contributed by atoms with Gasteiger partial charge in [-0.05, 0) is 70.5 Å². The number of hydrogen-bond donors (Lipinski definition) is 3. The Labute approximate surface area is 217 Å². The largest absolute Gasteiger partial charge is 0.391 e. The van der Waals surface area contributed by atoms with Gasteiger partial charge in [-0.15, -0.1) is 11.3 Å². The van der Waals surface area contributed by atoms with Crippen LogP contribution >= 0.6 is 11.3 Å². The Hall–Kier alpha value is -2.47. The minimum absolute atomic E-state index is 0.0481. The lowest BCUT2D eigenvalue weighted by molar-refractivity contribution is -0.182. The van der Waals surface area contributed by atoms with Crippen molar-refractivity contribution >= 4 is 28.3 Å². The molecule has 2 amide bonds. The van der Waals surface area contributed by atoms with Gasteiger partial charge in [-0.2, -0.15) is 18.3 Å². The monoisotopic (exact) mass is 538 g/mol. The van der Waals surface area contributed by atoms with Crippen LogP contribution in [0.3, 0.4) is 0 Å². The van der Waals surface area contributed by atoms with Crippen molar-refractivity contribution in [3.63, 3.8) is 0 Å². The van der Waals surface area contributed by atoms with Gasteiger partial charge >= 0.3 is 18.0 Å². The molecule has 3 fully saturated rings. The second kappa shape index (κ2) is 11.1. The molecule has 0 aromatic carbocycles. The zero-order chi connectivity index (χ0) is 26.0. The third-order valence-electron chi connectivity index (χ3n) is 8.14. The molecule has 2 aromatic heterocycles. The third kappa shape index (κ3) is 6.17. The van der Waals surface area contributed by atoms with Crippen LogP contribution < -0.4 is 10.6 Å². The summed E-state index contributed by atoms with van der Waals surface area (Å²) >= 11 is 1.20. The third-order valence-corrected chi connectivity index (χ3v) is 8.92. The summed E-state index contributed by atoms with van der Waals surface area (Å²) in [6.45, 7) is 3.01. The van der Waals surface area contributed by atoms with E-state index in [0.29, 0.717) is 42.7 Å². The first kappa shape index (κ1) is 26.1. The van der Waals surface area contributed by atoms with Crippen LogP contribution in [0.5, 0.6) is 0 Å². The molecule has 5 rings (SSSR count). The van der Waals surface area contributed by atoms with Gasteiger partial charge in [0.2, 0.25) is 0 Å². The first-order chi connectivity index (χ1) is 17.8. The van der Waals surface area contributed by atoms with Crippen LogP contribution in [0.25, 0.3) is 0 Å². The number of hydrogen-bond acceptors (Lipinski definition) is 6. The van der Waals surface area contributed by atoms with Crippen LogP contribution in [0.1, 0.15) is 86.2 Å². The van der Waals surface area contributed by atoms with Gasteiger partial charge < -0.3 is 10.2 Å². The molecule has 2 saturated heterocycles. The molecule has 4 heterocycles. The molecule has 12 heteroatoms. The molecule has 0 bridgehead atoms. The quantitative estimate of drug-likeness (QED) is 0.497. The summed E-state index contributed by atoms with van der Waals surface area (Å²) in [4.78, 5) is 31.3. The topological polar surface area (TPSA) is 103 Å². The molecule has 2 aromatic rings. The van der Waals surface area contributed by atoms with E-state index in [0.717, 1.165) is 50.2 Å². The zero-order valence-electron chi connectivity index (χ0n) is 20.6. The van der Waals surface area contributed by atoms with Crippen molar-refractivity contribution in [2.24, 2.45) is 5.92 Å². The average molecular weight is 539 g/mol. The number of nitrogens with one attached hydrogen (secondary N) is 3. The van der Waals surface area contributed by atoms with E-state index < -0.39 is 23.9 Å². The Bertz CT molecular complexity index is 1080. The number of anilines is 1. The lowest BCUT2D eigenvalue weighted by Gasteiger charge is -2.30. The Morgan fingerprint density at radius 2 is 1.62 bits per heavy atom. The number of likely N-dealkylation sites (tertiary alicyclic amines) is 1. The van der Waals surface area contributed by atoms with E-state index in [1.54, 1.807) is 10.3 Å². The van der Waals surface area contributed by atoms with Crippen molar-refractivity contribution < 1.29 is 22.8 Å². The smallest absolute Gasteiger partial charge is 0.334 e. The summed E-state index contributed by atoms with van der Waals surface area (Å²) in [5.74, 6) is -1.83. The normalized spacial score (nSPS) is 24.2. The summed E-state index contributed by atoms with van der Waals surface area (Å²) in [6, 6.07) is 2.17. The lowest BCUT2D eigenvalue weighted by Crippen LogP contribution is -2.43. The van der Waals surface area contributed by atoms with Gasteiger partial charge in [-0.1, -0.05) is 0 Å². The second-order valence-electron chi connectivity index (χ2n) is 10.5. The van der Waals surface area contributed by atoms with Crippen molar-refractivity contribution in [2.45, 2.75) is 75.3 Å². The van der Waals surface area contributed by atoms with E-state index in [-0.39, 0.29) is 24.7 Å². The Balaban J connectivity index is 1.09. The molecule has 3 N–H and O–H groups in total. The van der Waals surface area contributed by atoms with Crippen molar-refractivity contribution in [1.29, 1.82) is 0 Å². The number of carbonyl (C=O) groups is 2. The van der Waals surface area contributed by atoms with Gasteiger partial charge in [0, 0.05) is 41.9 Å². The van der Waals surface area contributed by atoms with Crippen LogP contribution in [0.4, 0.5) is 18.3 Å². The number of alkyl halides is 3. The SMILES string of the molecule is O=C(Nc1nc(C2CCC(C(F)(F)F)CC2)cs1)C(=O)N1CCC(c2cc(C3CCNCC3)n[nH]2)CC1. The number of amides is 2. The predicted octanol–water partition coefficient (Wildman–Crippen LogP) is 4.51. The number of H-pyrrole nitrogens is 1. The van der Waals surface area contributed by atoms with Crippen LogP contribution in [-0.4, -0.2) is 64.3 Å². The molecular weight excluding hydrogens is 505 g/mol. The van der Waals surface area contributed by atoms with Gasteiger partial charge in [0.1, 0.15) is 0 Å². The molecule has 202 valence electrons. The van der Waals surface area contributed by atoms with Crippen molar-refractivity contribution in [2.75, 3.05) is 31.5 Å². The molecule has 1 aliphatic carbocycles. The lowest BCUT2D eigenvalue weighted by atomic mass is 9.80. The molecule has 37 heavy (non-hydrogen) atoms. The summed E-state index contributed by atoms with van der Waals surface area (Å²) in [5, 5.41) is 15.8. The van der Waals surface area contributed by atoms with E-state index in [9.17, 15) is 22.8 Å². The summed E-state index contributed by atoms with van der Waals surface area (Å²) in [6.07, 6.45) is 0.590. The summed E-state index contributed by atoms with van der Waals surface area (Å²) in [5.41, 5.74) is 2.91. The zero-order valence-corrected chi connectivity index (χ0v) is 21.5. The van der Waals surface area contributed by atoms with Crippen LogP contribution in [0.15, 0.2) is 11.4 Å². The second-order valence-corrected chi connectivity index (χ2v) is 11.3. The minimum Gasteiger partial charge on any atom is -0.334 e. The highest BCUT2D eigenvalue weighted by molar-refractivity contribution is 7.14. The van der Waals surface area contributed by atoms with E-state index >= 15 is 0 Å². The average Bonchev–Trinajstić information content (AvgIpc) is 3.59. The highest BCUT2D eigenvalue weighted by atomic mass is 32.1. The minimum atomic E-state index is -4.14. The molecule has 0 atom stereocenters. The molecule has 0 unspecified atom stereocenters. The number of halogens is 3. The first-order valence-corrected chi connectivity index (χ1v) is 14.0. The fourth-order valence-corrected chi connectivity index (χ4v) is 6.61. The maximum atomic E-state index is 12.9. The van der Waals surface area contributed by atoms with Gasteiger partial charge in [-0.25, -0.2) is 4.98 Å². The number of aromatic amines is 1. The number of piperidine rings is 2. The van der Waals surface area contributed by atoms with Crippen molar-refractivity contribution in [1.82, 2.24) is 25.4 Å². The molecule has 0 radical (unpaired) electrons. The summed E-state index contributed by atoms with van der Waals surface area (Å²) < 4.78 is 38.8. The summed E-state index contributed by atoms with van der Waals surface area (Å²) in [7, 11) is 0. The van der Waals surface area contributed by atoms with Gasteiger partial charge in [0.25, 0.3) is 0 Å². The predicted molar refractivity (Wildman–Crippen MR) is 133 cm³/mol. The number of nitrogens with zero attached hydrogens (tertiary/aromatic N) is 3. The molecule has 2 aliphatic heterocycles. The van der Waals surface area contributed by atoms with Crippen molar-refractivity contribution in [3.05, 3.63) is 28.5 Å². The first-order valence-electron chi connectivity index (χ1n) is 13.2. The van der Waals surface area contributed by atoms with Crippen LogP contribution in [-0.2, 0) is 9.59 Å². The fraction of sp³-hybridized carbons (Fsp3) is 0.680. The Morgan fingerprint density at radius 3 is 2.30 bits per heavy atom. The Kier molecular flexibility index (Phi) is 7.85. The Morgan fingerprint density at radius 1 is 0.946 bits per heavy atom. The molecular formula is C25H33F3N6O2S. The molecule has 8 nitrogen and oxygen atoms in total. The standard InChI is InChI=1S/C25H33F3N6O2S/c26-25(27,28)18-3-1-15(2-4-18)21-14-37-24(30-21)31-22(35)23(36)34-11-7-17(8-12-34)20-13-19(32-33-20)16-5-9-29-10-6-16/h13-18,29H,1-12H2,(H,32,33)(H,30,31,35). The fourth-order valence-electron chi connectivity index (χ4n) is 5.82. The van der Waals surface area contributed by atoms with Gasteiger partial charge in [-0.3, -0.25) is 20.0 Å². The molecule has 1 saturated carbocycles. The molecule has 3 aliphatic rings. The van der Waals surface area contributed by atoms with Crippen LogP contribution in [0, 0.1) is 5.92 Å². The number of rotatable bonds is 4. The van der Waals surface area contributed by atoms with E-state index in [1.807, 2.05) is 0 Å². The van der Waals surface area contributed by atoms with Gasteiger partial charge in [0.05, 0.1) is 17.3 Å². The highest BCUT2D eigenvalue weighted by Gasteiger charge is 2.42. The van der Waals surface area contributed by atoms with E-state index in [4.69, 9.17) is 0 Å². The van der Waals surface area contributed by atoms with E-state index in [2.05, 4.69) is 31.9 Å². The maximum Gasteiger partial charge on any atom is 0.391 e. The highest BCUT2D eigenvalue weighted by Crippen LogP contribution is 2.43.